The minimum atomic E-state index is 0.877. The average Bonchev–Trinajstić information content (AvgIpc) is 2.85. The molecule has 2 aromatic heterocycles. The number of benzene rings is 1. The number of imidazole rings is 1. The van der Waals surface area contributed by atoms with Crippen LogP contribution < -0.4 is 0 Å². The van der Waals surface area contributed by atoms with E-state index in [9.17, 15) is 0 Å². The summed E-state index contributed by atoms with van der Waals surface area (Å²) in [6, 6.07) is 10.2. The molecule has 2 heterocycles. The minimum absolute atomic E-state index is 0.877. The van der Waals surface area contributed by atoms with Gasteiger partial charge in [-0.15, -0.1) is 10.2 Å². The van der Waals surface area contributed by atoms with Crippen molar-refractivity contribution in [2.45, 2.75) is 25.4 Å². The first-order valence-electron chi connectivity index (χ1n) is 6.60. The van der Waals surface area contributed by atoms with Crippen LogP contribution in [0.15, 0.2) is 35.5 Å². The van der Waals surface area contributed by atoms with Crippen molar-refractivity contribution in [1.82, 2.24) is 19.6 Å². The Morgan fingerprint density at radius 2 is 1.90 bits per heavy atom. The summed E-state index contributed by atoms with van der Waals surface area (Å²) in [4.78, 5) is 4.67. The number of fused-ring (bicyclic) bond motifs is 1. The molecule has 4 nitrogen and oxygen atoms in total. The second-order valence-corrected chi connectivity index (χ2v) is 5.33. The lowest BCUT2D eigenvalue weighted by Gasteiger charge is -2.08. The van der Waals surface area contributed by atoms with Gasteiger partial charge in [0.2, 0.25) is 0 Å². The zero-order chi connectivity index (χ0) is 14.1. The van der Waals surface area contributed by atoms with Crippen molar-refractivity contribution < 1.29 is 0 Å². The van der Waals surface area contributed by atoms with Crippen LogP contribution in [0.5, 0.6) is 0 Å². The number of hydrogen-bond donors (Lipinski definition) is 0. The SMILES string of the molecule is CCc1nc(C)c2c(-c3ccccc3)nnc(SC)n12. The molecule has 0 N–H and O–H groups in total. The predicted octanol–water partition coefficient (Wildman–Crippen LogP) is 3.38. The number of nitrogens with zero attached hydrogens (tertiary/aromatic N) is 4. The summed E-state index contributed by atoms with van der Waals surface area (Å²) in [6.07, 6.45) is 2.89. The summed E-state index contributed by atoms with van der Waals surface area (Å²) in [5, 5.41) is 9.67. The Kier molecular flexibility index (Phi) is 3.44. The molecule has 5 heteroatoms. The standard InChI is InChI=1S/C15H16N4S/c1-4-12-16-10(2)14-13(11-8-6-5-7-9-11)17-18-15(20-3)19(12)14/h5-9H,4H2,1-3H3. The number of aromatic nitrogens is 4. The van der Waals surface area contributed by atoms with Crippen molar-refractivity contribution in [1.29, 1.82) is 0 Å². The van der Waals surface area contributed by atoms with E-state index < -0.39 is 0 Å². The zero-order valence-electron chi connectivity index (χ0n) is 11.8. The smallest absolute Gasteiger partial charge is 0.195 e. The van der Waals surface area contributed by atoms with Crippen molar-refractivity contribution >= 4 is 17.3 Å². The minimum Gasteiger partial charge on any atom is -0.271 e. The van der Waals surface area contributed by atoms with E-state index in [4.69, 9.17) is 0 Å². The number of aryl methyl sites for hydroxylation is 2. The Labute approximate surface area is 122 Å². The summed E-state index contributed by atoms with van der Waals surface area (Å²) >= 11 is 1.59. The third-order valence-corrected chi connectivity index (χ3v) is 3.95. The monoisotopic (exact) mass is 284 g/mol. The first kappa shape index (κ1) is 13.1. The van der Waals surface area contributed by atoms with Gasteiger partial charge in [-0.3, -0.25) is 4.40 Å². The molecular formula is C15H16N4S. The highest BCUT2D eigenvalue weighted by molar-refractivity contribution is 7.98. The highest BCUT2D eigenvalue weighted by atomic mass is 32.2. The summed E-state index contributed by atoms with van der Waals surface area (Å²) in [6.45, 7) is 4.15. The van der Waals surface area contributed by atoms with Gasteiger partial charge in [0.25, 0.3) is 0 Å². The lowest BCUT2D eigenvalue weighted by atomic mass is 10.1. The first-order valence-corrected chi connectivity index (χ1v) is 7.82. The van der Waals surface area contributed by atoms with Gasteiger partial charge in [0.05, 0.1) is 11.2 Å². The summed E-state index contributed by atoms with van der Waals surface area (Å²) in [7, 11) is 0. The van der Waals surface area contributed by atoms with Gasteiger partial charge < -0.3 is 0 Å². The Balaban J connectivity index is 2.38. The molecule has 1 aromatic carbocycles. The molecule has 20 heavy (non-hydrogen) atoms. The van der Waals surface area contributed by atoms with Crippen molar-refractivity contribution in [2.75, 3.05) is 6.26 Å². The van der Waals surface area contributed by atoms with E-state index in [1.54, 1.807) is 11.8 Å². The van der Waals surface area contributed by atoms with Crippen LogP contribution in [0.1, 0.15) is 18.4 Å². The molecule has 0 aliphatic heterocycles. The zero-order valence-corrected chi connectivity index (χ0v) is 12.6. The van der Waals surface area contributed by atoms with E-state index in [-0.39, 0.29) is 0 Å². The van der Waals surface area contributed by atoms with E-state index >= 15 is 0 Å². The lowest BCUT2D eigenvalue weighted by molar-refractivity contribution is 0.770. The third kappa shape index (κ3) is 1.98. The Morgan fingerprint density at radius 3 is 2.55 bits per heavy atom. The second-order valence-electron chi connectivity index (χ2n) is 4.55. The third-order valence-electron chi connectivity index (χ3n) is 3.32. The number of hydrogen-bond acceptors (Lipinski definition) is 4. The number of rotatable bonds is 3. The molecule has 0 saturated carbocycles. The van der Waals surface area contributed by atoms with Crippen LogP contribution in [0.4, 0.5) is 0 Å². The largest absolute Gasteiger partial charge is 0.271 e. The Hall–Kier alpha value is -1.88. The van der Waals surface area contributed by atoms with Crippen molar-refractivity contribution in [3.8, 4) is 11.3 Å². The van der Waals surface area contributed by atoms with E-state index in [1.807, 2.05) is 31.4 Å². The Bertz CT molecular complexity index is 749. The molecule has 0 aliphatic rings. The molecule has 0 atom stereocenters. The van der Waals surface area contributed by atoms with Crippen LogP contribution in [0.2, 0.25) is 0 Å². The molecule has 0 aliphatic carbocycles. The fourth-order valence-corrected chi connectivity index (χ4v) is 2.92. The van der Waals surface area contributed by atoms with Crippen molar-refractivity contribution in [3.63, 3.8) is 0 Å². The molecule has 0 fully saturated rings. The van der Waals surface area contributed by atoms with Crippen LogP contribution in [0.3, 0.4) is 0 Å². The molecule has 0 bridgehead atoms. The van der Waals surface area contributed by atoms with Gasteiger partial charge in [0.15, 0.2) is 5.16 Å². The van der Waals surface area contributed by atoms with Crippen LogP contribution in [0, 0.1) is 6.92 Å². The number of thioether (sulfide) groups is 1. The quantitative estimate of drug-likeness (QED) is 0.691. The van der Waals surface area contributed by atoms with E-state index in [1.165, 1.54) is 0 Å². The van der Waals surface area contributed by atoms with Crippen LogP contribution in [0.25, 0.3) is 16.8 Å². The molecule has 3 aromatic rings. The summed E-state index contributed by atoms with van der Waals surface area (Å²) in [5.74, 6) is 1.04. The van der Waals surface area contributed by atoms with Gasteiger partial charge in [-0.25, -0.2) is 4.98 Å². The topological polar surface area (TPSA) is 43.1 Å². The molecule has 0 radical (unpaired) electrons. The van der Waals surface area contributed by atoms with E-state index in [0.717, 1.165) is 39.9 Å². The van der Waals surface area contributed by atoms with E-state index in [2.05, 4.69) is 38.6 Å². The molecule has 0 unspecified atom stereocenters. The fraction of sp³-hybridized carbons (Fsp3) is 0.267. The maximum atomic E-state index is 4.67. The lowest BCUT2D eigenvalue weighted by Crippen LogP contribution is -2.03. The molecule has 102 valence electrons. The van der Waals surface area contributed by atoms with Crippen molar-refractivity contribution in [3.05, 3.63) is 41.9 Å². The maximum absolute atomic E-state index is 4.67. The Morgan fingerprint density at radius 1 is 1.15 bits per heavy atom. The molecular weight excluding hydrogens is 268 g/mol. The van der Waals surface area contributed by atoms with Crippen LogP contribution in [-0.2, 0) is 6.42 Å². The van der Waals surface area contributed by atoms with Gasteiger partial charge in [-0.2, -0.15) is 0 Å². The summed E-state index contributed by atoms with van der Waals surface area (Å²) in [5.41, 5.74) is 4.04. The van der Waals surface area contributed by atoms with Crippen molar-refractivity contribution in [2.24, 2.45) is 0 Å². The summed E-state index contributed by atoms with van der Waals surface area (Å²) < 4.78 is 2.13. The van der Waals surface area contributed by atoms with Gasteiger partial charge in [0.1, 0.15) is 11.5 Å². The molecule has 0 saturated heterocycles. The molecule has 0 amide bonds. The highest BCUT2D eigenvalue weighted by Gasteiger charge is 2.17. The highest BCUT2D eigenvalue weighted by Crippen LogP contribution is 2.28. The second kappa shape index (κ2) is 5.25. The van der Waals surface area contributed by atoms with Gasteiger partial charge in [-0.05, 0) is 13.2 Å². The van der Waals surface area contributed by atoms with E-state index in [0.29, 0.717) is 0 Å². The van der Waals surface area contributed by atoms with Gasteiger partial charge in [0, 0.05) is 12.0 Å². The first-order chi connectivity index (χ1) is 9.76. The van der Waals surface area contributed by atoms with Crippen LogP contribution in [-0.4, -0.2) is 25.8 Å². The average molecular weight is 284 g/mol. The molecule has 0 spiro atoms. The van der Waals surface area contributed by atoms with Crippen LogP contribution >= 0.6 is 11.8 Å². The fourth-order valence-electron chi connectivity index (χ4n) is 2.42. The normalized spacial score (nSPS) is 11.2. The van der Waals surface area contributed by atoms with Gasteiger partial charge in [-0.1, -0.05) is 49.0 Å². The predicted molar refractivity (Wildman–Crippen MR) is 82.1 cm³/mol. The molecule has 3 rings (SSSR count). The maximum Gasteiger partial charge on any atom is 0.195 e. The van der Waals surface area contributed by atoms with Gasteiger partial charge >= 0.3 is 0 Å².